The van der Waals surface area contributed by atoms with E-state index in [1.54, 1.807) is 0 Å². The Morgan fingerprint density at radius 1 is 0.604 bits per heavy atom. The summed E-state index contributed by atoms with van der Waals surface area (Å²) in [6, 6.07) is 10.9. The van der Waals surface area contributed by atoms with Crippen LogP contribution in [0.5, 0.6) is 11.5 Å². The third-order valence-corrected chi connectivity index (χ3v) is 9.18. The molecule has 4 aromatic carbocycles. The molecule has 0 bridgehead atoms. The van der Waals surface area contributed by atoms with Crippen LogP contribution in [0.15, 0.2) is 95.0 Å². The van der Waals surface area contributed by atoms with E-state index < -0.39 is 66.6 Å². The van der Waals surface area contributed by atoms with E-state index in [2.05, 4.69) is 24.2 Å². The molecule has 0 saturated carbocycles. The normalized spacial score (nSPS) is 12.1. The van der Waals surface area contributed by atoms with E-state index in [-0.39, 0.29) is 26.4 Å². The van der Waals surface area contributed by atoms with Crippen molar-refractivity contribution < 1.29 is 70.2 Å². The van der Waals surface area contributed by atoms with Crippen LogP contribution in [-0.2, 0) is 19.1 Å². The van der Waals surface area contributed by atoms with E-state index in [9.17, 15) is 60.7 Å². The van der Waals surface area contributed by atoms with E-state index in [1.165, 1.54) is 12.4 Å². The molecule has 0 aliphatic heterocycles. The summed E-state index contributed by atoms with van der Waals surface area (Å²) in [5.74, 6) is -5.11. The maximum absolute atomic E-state index is 13.4. The van der Waals surface area contributed by atoms with Crippen molar-refractivity contribution in [1.29, 1.82) is 0 Å². The highest BCUT2D eigenvalue weighted by atomic mass is 35.7. The van der Waals surface area contributed by atoms with Crippen LogP contribution in [0.4, 0.5) is 55.3 Å². The lowest BCUT2D eigenvalue weighted by Gasteiger charge is -2.10. The lowest BCUT2D eigenvalue weighted by atomic mass is 10.2. The molecule has 0 aliphatic carbocycles. The van der Waals surface area contributed by atoms with Gasteiger partial charge in [-0.05, 0) is 60.7 Å². The van der Waals surface area contributed by atoms with Gasteiger partial charge in [0.2, 0.25) is 0 Å². The molecule has 0 saturated heterocycles. The Morgan fingerprint density at radius 2 is 1.00 bits per heavy atom. The van der Waals surface area contributed by atoms with E-state index in [0.29, 0.717) is 16.6 Å². The maximum atomic E-state index is 13.4. The number of alkyl halides is 6. The second kappa shape index (κ2) is 15.3. The van der Waals surface area contributed by atoms with E-state index in [1.807, 2.05) is 0 Å². The smallest absolute Gasteiger partial charge is 0.406 e. The largest absolute Gasteiger partial charge is 0.573 e. The van der Waals surface area contributed by atoms with Crippen LogP contribution < -0.4 is 19.9 Å². The number of nitrogens with one attached hydrogen (secondary N) is 3. The molecule has 0 unspecified atom stereocenters. The first kappa shape index (κ1) is 40.4. The van der Waals surface area contributed by atoms with Crippen LogP contribution in [0.2, 0.25) is 0 Å². The summed E-state index contributed by atoms with van der Waals surface area (Å²) in [7, 11) is -3.16. The number of fused-ring (bicyclic) bond motifs is 2. The van der Waals surface area contributed by atoms with Crippen molar-refractivity contribution >= 4 is 62.9 Å². The van der Waals surface area contributed by atoms with Crippen LogP contribution in [0.1, 0.15) is 0 Å². The molecule has 2 heterocycles. The number of nitrogen functional groups attached to an aromatic ring is 1. The summed E-state index contributed by atoms with van der Waals surface area (Å²) >= 11 is 0. The quantitative estimate of drug-likeness (QED) is 0.0968. The van der Waals surface area contributed by atoms with Crippen molar-refractivity contribution in [3.05, 3.63) is 108 Å². The van der Waals surface area contributed by atoms with Gasteiger partial charge in [0.15, 0.2) is 23.3 Å². The number of anilines is 2. The minimum atomic E-state index is -4.90. The van der Waals surface area contributed by atoms with E-state index in [0.717, 1.165) is 72.8 Å². The molecule has 0 aliphatic rings. The van der Waals surface area contributed by atoms with E-state index >= 15 is 0 Å². The van der Waals surface area contributed by atoms with Crippen LogP contribution in [-0.4, -0.2) is 39.5 Å². The molecule has 0 radical (unpaired) electrons. The Kier molecular flexibility index (Phi) is 11.7. The fraction of sp³-hybridized carbons (Fsp3) is 0.0667. The zero-order chi connectivity index (χ0) is 39.5. The fourth-order valence-corrected chi connectivity index (χ4v) is 6.01. The number of halogens is 11. The highest BCUT2D eigenvalue weighted by Crippen LogP contribution is 2.30. The Morgan fingerprint density at radius 3 is 1.45 bits per heavy atom. The Balaban J connectivity index is 0.000000196. The molecule has 6 rings (SSSR count). The summed E-state index contributed by atoms with van der Waals surface area (Å²) in [6.45, 7) is 0. The minimum Gasteiger partial charge on any atom is -0.406 e. The van der Waals surface area contributed by atoms with Crippen molar-refractivity contribution in [2.24, 2.45) is 0 Å². The first-order valence-electron chi connectivity index (χ1n) is 13.8. The average molecular weight is 821 g/mol. The summed E-state index contributed by atoms with van der Waals surface area (Å²) in [6.07, 6.45) is -7.00. The highest BCUT2D eigenvalue weighted by Gasteiger charge is 2.32. The maximum Gasteiger partial charge on any atom is 0.573 e. The summed E-state index contributed by atoms with van der Waals surface area (Å²) in [5, 5.41) is 0.596. The Bertz CT molecular complexity index is 2460. The van der Waals surface area contributed by atoms with Gasteiger partial charge in [-0.25, -0.2) is 34.4 Å². The van der Waals surface area contributed by atoms with Gasteiger partial charge in [0.1, 0.15) is 11.5 Å². The van der Waals surface area contributed by atoms with E-state index in [4.69, 9.17) is 16.4 Å². The molecule has 0 atom stereocenters. The van der Waals surface area contributed by atoms with Crippen LogP contribution >= 0.6 is 10.7 Å². The number of rotatable bonds is 6. The number of ether oxygens (including phenoxy) is 2. The predicted molar refractivity (Wildman–Crippen MR) is 171 cm³/mol. The van der Waals surface area contributed by atoms with Gasteiger partial charge in [-0.2, -0.15) is 0 Å². The first-order valence-corrected chi connectivity index (χ1v) is 17.6. The standard InChI is InChI=1S/C15H9F5N2O3S.C8H6F2N2.C7H4ClF3O3S/c16-11-5-10-13(6-12(11)17)21-7-14(10)22-26(23,24)9-3-1-8(2-4-9)25-15(18,19)20;9-5-1-4-7(11)3-12-8(4)2-6(5)10;8-15(12,13)6-3-1-5(2-4-6)14-7(9,10)11/h1-7,21-22H;1-3,12H,11H2;1-4H. The van der Waals surface area contributed by atoms with Crippen molar-refractivity contribution in [3.63, 3.8) is 0 Å². The van der Waals surface area contributed by atoms with Crippen molar-refractivity contribution in [3.8, 4) is 11.5 Å². The second-order valence-corrected chi connectivity index (χ2v) is 14.4. The van der Waals surface area contributed by atoms with Gasteiger partial charge in [0.25, 0.3) is 19.1 Å². The molecule has 2 aromatic heterocycles. The zero-order valence-corrected chi connectivity index (χ0v) is 28.0. The second-order valence-electron chi connectivity index (χ2n) is 10.2. The van der Waals surface area contributed by atoms with Crippen LogP contribution in [0.25, 0.3) is 21.8 Å². The van der Waals surface area contributed by atoms with Gasteiger partial charge >= 0.3 is 12.7 Å². The molecule has 0 spiro atoms. The highest BCUT2D eigenvalue weighted by molar-refractivity contribution is 8.13. The monoisotopic (exact) mass is 820 g/mol. The number of sulfonamides is 1. The molecular formula is C30H19ClF10N4O6S2. The number of nitrogens with two attached hydrogens (primary N) is 1. The number of aromatic amines is 2. The lowest BCUT2D eigenvalue weighted by Crippen LogP contribution is -2.17. The predicted octanol–water partition coefficient (Wildman–Crippen LogP) is 8.69. The number of hydrogen-bond donors (Lipinski definition) is 4. The summed E-state index contributed by atoms with van der Waals surface area (Å²) in [4.78, 5) is 4.67. The van der Waals surface area contributed by atoms with Gasteiger partial charge in [0.05, 0.1) is 32.2 Å². The number of benzene rings is 4. The van der Waals surface area contributed by atoms with Crippen molar-refractivity contribution in [2.45, 2.75) is 22.5 Å². The number of aromatic nitrogens is 2. The minimum absolute atomic E-state index is 0.0467. The zero-order valence-electron chi connectivity index (χ0n) is 25.6. The number of hydrogen-bond acceptors (Lipinski definition) is 7. The van der Waals surface area contributed by atoms with Gasteiger partial charge in [0, 0.05) is 46.0 Å². The third-order valence-electron chi connectivity index (χ3n) is 6.43. The first-order chi connectivity index (χ1) is 24.4. The van der Waals surface area contributed by atoms with Gasteiger partial charge in [-0.1, -0.05) is 0 Å². The fourth-order valence-electron chi connectivity index (χ4n) is 4.17. The molecule has 53 heavy (non-hydrogen) atoms. The topological polar surface area (TPSA) is 156 Å². The lowest BCUT2D eigenvalue weighted by molar-refractivity contribution is -0.275. The SMILES string of the molecule is Nc1c[nH]c2cc(F)c(F)cc12.O=S(=O)(Cl)c1ccc(OC(F)(F)F)cc1.O=S(=O)(Nc1c[nH]c2cc(F)c(F)cc12)c1ccc(OC(F)(F)F)cc1. The van der Waals surface area contributed by atoms with Gasteiger partial charge in [-0.3, -0.25) is 4.72 Å². The Labute approximate surface area is 295 Å². The summed E-state index contributed by atoms with van der Waals surface area (Å²) < 4.78 is 179. The molecule has 23 heteroatoms. The molecule has 10 nitrogen and oxygen atoms in total. The number of H-pyrrole nitrogens is 2. The van der Waals surface area contributed by atoms with Crippen molar-refractivity contribution in [1.82, 2.24) is 9.97 Å². The molecule has 0 amide bonds. The molecular weight excluding hydrogens is 802 g/mol. The third kappa shape index (κ3) is 11.1. The van der Waals surface area contributed by atoms with Gasteiger partial charge in [-0.15, -0.1) is 26.3 Å². The molecule has 6 aromatic rings. The average Bonchev–Trinajstić information content (AvgIpc) is 3.58. The summed E-state index contributed by atoms with van der Waals surface area (Å²) in [5.41, 5.74) is 6.52. The van der Waals surface area contributed by atoms with Gasteiger partial charge < -0.3 is 25.2 Å². The van der Waals surface area contributed by atoms with Crippen LogP contribution in [0.3, 0.4) is 0 Å². The molecule has 0 fully saturated rings. The van der Waals surface area contributed by atoms with Crippen molar-refractivity contribution in [2.75, 3.05) is 10.5 Å². The molecule has 284 valence electrons. The Hall–Kier alpha value is -5.35. The van der Waals surface area contributed by atoms with Crippen LogP contribution in [0, 0.1) is 23.3 Å². The molecule has 5 N–H and O–H groups in total.